The largest absolute Gasteiger partial charge is 0.436 e. The van der Waals surface area contributed by atoms with Gasteiger partial charge in [-0.3, -0.25) is 0 Å². The Hall–Kier alpha value is -6.58. The zero-order valence-electron chi connectivity index (χ0n) is 30.7. The normalized spacial score (nSPS) is 13.0. The Kier molecular flexibility index (Phi) is 7.82. The highest BCUT2D eigenvalue weighted by atomic mass is 32.2. The number of thiazole rings is 1. The summed E-state index contributed by atoms with van der Waals surface area (Å²) in [7, 11) is 0. The summed E-state index contributed by atoms with van der Waals surface area (Å²) >= 11 is 5.40. The summed E-state index contributed by atoms with van der Waals surface area (Å²) in [6, 6.07) is 64.7. The van der Waals surface area contributed by atoms with E-state index in [9.17, 15) is 0 Å². The molecule has 0 N–H and O–H groups in total. The average molecular weight is 799 g/mol. The summed E-state index contributed by atoms with van der Waals surface area (Å²) in [4.78, 5) is 19.3. The molecule has 58 heavy (non-hydrogen) atoms. The van der Waals surface area contributed by atoms with Crippen molar-refractivity contribution in [2.45, 2.75) is 19.6 Å². The predicted molar refractivity (Wildman–Crippen MR) is 241 cm³/mol. The Morgan fingerprint density at radius 2 is 0.897 bits per heavy atom. The van der Waals surface area contributed by atoms with E-state index in [-0.39, 0.29) is 0 Å². The summed E-state index contributed by atoms with van der Waals surface area (Å²) in [5.41, 5.74) is 14.0. The third-order valence-corrected chi connectivity index (χ3v) is 14.0. The summed E-state index contributed by atoms with van der Waals surface area (Å²) in [5, 5.41) is 1.04. The quantitative estimate of drug-likeness (QED) is 0.172. The third-order valence-electron chi connectivity index (χ3n) is 10.7. The number of benzene rings is 8. The lowest BCUT2D eigenvalue weighted by atomic mass is 10.0. The van der Waals surface area contributed by atoms with Crippen molar-refractivity contribution in [3.8, 4) is 33.2 Å². The van der Waals surface area contributed by atoms with Gasteiger partial charge in [0.2, 0.25) is 5.89 Å². The van der Waals surface area contributed by atoms with Gasteiger partial charge in [-0.05, 0) is 132 Å². The molecule has 0 saturated heterocycles. The van der Waals surface area contributed by atoms with Gasteiger partial charge in [0.1, 0.15) is 10.5 Å². The van der Waals surface area contributed by atoms with Gasteiger partial charge in [-0.25, -0.2) is 9.97 Å². The van der Waals surface area contributed by atoms with Crippen LogP contribution in [0, 0.1) is 0 Å². The fourth-order valence-electron chi connectivity index (χ4n) is 7.93. The molecule has 0 atom stereocenters. The molecule has 8 aromatic carbocycles. The van der Waals surface area contributed by atoms with Crippen LogP contribution in [0.4, 0.5) is 34.1 Å². The van der Waals surface area contributed by atoms with Gasteiger partial charge >= 0.3 is 0 Å². The summed E-state index contributed by atoms with van der Waals surface area (Å²) < 4.78 is 7.29. The Balaban J connectivity index is 0.884. The molecule has 0 amide bonds. The van der Waals surface area contributed by atoms with Crippen molar-refractivity contribution in [1.29, 1.82) is 0 Å². The number of hydrogen-bond acceptors (Lipinski definition) is 8. The number of para-hydroxylation sites is 5. The summed E-state index contributed by atoms with van der Waals surface area (Å²) in [6.07, 6.45) is 0. The lowest BCUT2D eigenvalue weighted by molar-refractivity contribution is 0.620. The van der Waals surface area contributed by atoms with Gasteiger partial charge in [-0.15, -0.1) is 11.3 Å². The van der Waals surface area contributed by atoms with Crippen LogP contribution in [0.25, 0.3) is 54.5 Å². The standard InChI is InChI=1S/C50H30N4OS3/c1-5-13-43-37(9-1)51-49(55-43)31-17-23-35(24-18-31)53-39-11-3-7-15-45(39)56-47-29-33(21-27-41(47)53)34-22-28-42-48(30-34)57-46-16-8-4-12-40(46)54(42)36-25-19-32(20-26-36)50-52-38-10-2-6-14-44(38)58-50/h1-30H. The molecule has 0 fully saturated rings. The smallest absolute Gasteiger partial charge is 0.227 e. The van der Waals surface area contributed by atoms with Crippen molar-refractivity contribution in [1.82, 2.24) is 9.97 Å². The fourth-order valence-corrected chi connectivity index (χ4v) is 11.1. The van der Waals surface area contributed by atoms with Crippen molar-refractivity contribution >= 4 is 90.3 Å². The highest BCUT2D eigenvalue weighted by molar-refractivity contribution is 8.00. The van der Waals surface area contributed by atoms with E-state index in [4.69, 9.17) is 14.4 Å². The van der Waals surface area contributed by atoms with Crippen LogP contribution in [0.15, 0.2) is 206 Å². The van der Waals surface area contributed by atoms with Crippen LogP contribution < -0.4 is 9.80 Å². The monoisotopic (exact) mass is 798 g/mol. The molecular formula is C50H30N4OS3. The van der Waals surface area contributed by atoms with Crippen LogP contribution in [0.2, 0.25) is 0 Å². The van der Waals surface area contributed by atoms with Gasteiger partial charge in [0.25, 0.3) is 0 Å². The molecule has 2 aliphatic rings. The van der Waals surface area contributed by atoms with Gasteiger partial charge in [0.05, 0.1) is 33.0 Å². The van der Waals surface area contributed by atoms with E-state index in [0.717, 1.165) is 49.8 Å². The van der Waals surface area contributed by atoms with E-state index < -0.39 is 0 Å². The maximum atomic E-state index is 6.08. The van der Waals surface area contributed by atoms with E-state index in [1.807, 2.05) is 53.9 Å². The Labute approximate surface area is 347 Å². The van der Waals surface area contributed by atoms with Crippen molar-refractivity contribution < 1.29 is 4.42 Å². The van der Waals surface area contributed by atoms with Crippen LogP contribution >= 0.6 is 34.9 Å². The number of anilines is 6. The zero-order chi connectivity index (χ0) is 38.2. The maximum Gasteiger partial charge on any atom is 0.227 e. The number of rotatable bonds is 5. The molecule has 12 rings (SSSR count). The first-order chi connectivity index (χ1) is 28.7. The number of oxazole rings is 1. The molecule has 0 saturated carbocycles. The number of hydrogen-bond donors (Lipinski definition) is 0. The number of aromatic nitrogens is 2. The second kappa shape index (κ2) is 13.5. The molecule has 0 aliphatic carbocycles. The number of nitrogens with zero attached hydrogens (tertiary/aromatic N) is 4. The summed E-state index contributed by atoms with van der Waals surface area (Å²) in [6.45, 7) is 0. The molecule has 2 aliphatic heterocycles. The Bertz CT molecular complexity index is 2930. The highest BCUT2D eigenvalue weighted by Gasteiger charge is 2.28. The molecule has 10 aromatic rings. The highest BCUT2D eigenvalue weighted by Crippen LogP contribution is 2.55. The van der Waals surface area contributed by atoms with Crippen LogP contribution in [0.1, 0.15) is 0 Å². The van der Waals surface area contributed by atoms with Crippen LogP contribution in [-0.4, -0.2) is 9.97 Å². The van der Waals surface area contributed by atoms with Gasteiger partial charge in [0, 0.05) is 42.1 Å². The van der Waals surface area contributed by atoms with Crippen LogP contribution in [0.3, 0.4) is 0 Å². The lowest BCUT2D eigenvalue weighted by Gasteiger charge is -2.34. The van der Waals surface area contributed by atoms with Crippen molar-refractivity contribution in [2.24, 2.45) is 0 Å². The molecule has 0 radical (unpaired) electrons. The molecule has 274 valence electrons. The van der Waals surface area contributed by atoms with Gasteiger partial charge in [-0.2, -0.15) is 0 Å². The fraction of sp³-hybridized carbons (Fsp3) is 0. The van der Waals surface area contributed by atoms with Crippen molar-refractivity contribution in [2.75, 3.05) is 9.80 Å². The van der Waals surface area contributed by atoms with E-state index in [1.54, 1.807) is 11.3 Å². The first kappa shape index (κ1) is 33.5. The van der Waals surface area contributed by atoms with Gasteiger partial charge in [0.15, 0.2) is 5.58 Å². The minimum Gasteiger partial charge on any atom is -0.436 e. The number of fused-ring (bicyclic) bond motifs is 6. The zero-order valence-corrected chi connectivity index (χ0v) is 33.2. The van der Waals surface area contributed by atoms with Crippen LogP contribution in [0.5, 0.6) is 0 Å². The van der Waals surface area contributed by atoms with E-state index in [0.29, 0.717) is 5.89 Å². The van der Waals surface area contributed by atoms with Crippen LogP contribution in [-0.2, 0) is 0 Å². The third kappa shape index (κ3) is 5.63. The Morgan fingerprint density at radius 3 is 1.50 bits per heavy atom. The lowest BCUT2D eigenvalue weighted by Crippen LogP contribution is -2.15. The molecule has 0 unspecified atom stereocenters. The van der Waals surface area contributed by atoms with E-state index in [2.05, 4.69) is 161 Å². The first-order valence-electron chi connectivity index (χ1n) is 19.0. The topological polar surface area (TPSA) is 45.4 Å². The maximum absolute atomic E-state index is 6.08. The minimum absolute atomic E-state index is 0.626. The molecule has 5 nitrogen and oxygen atoms in total. The van der Waals surface area contributed by atoms with E-state index >= 15 is 0 Å². The molecule has 2 aromatic heterocycles. The molecule has 0 bridgehead atoms. The first-order valence-corrected chi connectivity index (χ1v) is 21.5. The molecule has 0 spiro atoms. The van der Waals surface area contributed by atoms with Crippen molar-refractivity contribution in [3.05, 3.63) is 182 Å². The van der Waals surface area contributed by atoms with Gasteiger partial charge in [-0.1, -0.05) is 84.2 Å². The summed E-state index contributed by atoms with van der Waals surface area (Å²) in [5.74, 6) is 0.626. The average Bonchev–Trinajstić information content (AvgIpc) is 3.93. The molecule has 4 heterocycles. The predicted octanol–water partition coefficient (Wildman–Crippen LogP) is 15.3. The van der Waals surface area contributed by atoms with E-state index in [1.165, 1.54) is 52.5 Å². The molecule has 8 heteroatoms. The minimum atomic E-state index is 0.626. The second-order valence-corrected chi connectivity index (χ2v) is 17.4. The van der Waals surface area contributed by atoms with Gasteiger partial charge < -0.3 is 14.2 Å². The second-order valence-electron chi connectivity index (χ2n) is 14.2. The SMILES string of the molecule is c1ccc2c(c1)Sc1cc(-c3ccc4c(c3)Sc3ccccc3N4c3ccc(-c4nc5ccccc5s4)cc3)ccc1N2c1ccc(-c2nc3ccccc3o2)cc1. The molecular weight excluding hydrogens is 769 g/mol. The Morgan fingerprint density at radius 1 is 0.397 bits per heavy atom. The van der Waals surface area contributed by atoms with Crippen molar-refractivity contribution in [3.63, 3.8) is 0 Å².